The maximum absolute atomic E-state index is 9.03. The molecule has 80 valence electrons. The number of ether oxygens (including phenoxy) is 1. The van der Waals surface area contributed by atoms with Gasteiger partial charge in [-0.1, -0.05) is 0 Å². The molecule has 0 aromatic carbocycles. The van der Waals surface area contributed by atoms with Gasteiger partial charge in [0.25, 0.3) is 0 Å². The van der Waals surface area contributed by atoms with E-state index in [9.17, 15) is 0 Å². The minimum Gasteiger partial charge on any atom is -0.381 e. The van der Waals surface area contributed by atoms with Crippen molar-refractivity contribution in [3.8, 4) is 6.07 Å². The second-order valence-corrected chi connectivity index (χ2v) is 3.95. The highest BCUT2D eigenvalue weighted by Crippen LogP contribution is 2.29. The molecule has 0 atom stereocenters. The molecule has 1 aliphatic rings. The Labute approximate surface area is 89.5 Å². The van der Waals surface area contributed by atoms with Crippen LogP contribution in [0, 0.1) is 18.3 Å². The Morgan fingerprint density at radius 3 is 2.73 bits per heavy atom. The summed E-state index contributed by atoms with van der Waals surface area (Å²) >= 11 is 0. The molecule has 15 heavy (non-hydrogen) atoms. The number of rotatable bonds is 1. The van der Waals surface area contributed by atoms with Crippen LogP contribution in [-0.4, -0.2) is 22.8 Å². The molecule has 2 rings (SSSR count). The third-order valence-electron chi connectivity index (χ3n) is 3.08. The number of hydrogen-bond donors (Lipinski definition) is 0. The van der Waals surface area contributed by atoms with Crippen LogP contribution in [0.4, 0.5) is 0 Å². The molecular weight excluding hydrogens is 190 g/mol. The average molecular weight is 205 g/mol. The Hall–Kier alpha value is -1.34. The summed E-state index contributed by atoms with van der Waals surface area (Å²) in [6.07, 6.45) is 1.99. The summed E-state index contributed by atoms with van der Waals surface area (Å²) in [7, 11) is 1.98. The predicted octanol–water partition coefficient (Wildman–Crippen LogP) is 1.49. The van der Waals surface area contributed by atoms with Gasteiger partial charge in [0, 0.05) is 26.2 Å². The summed E-state index contributed by atoms with van der Waals surface area (Å²) in [5.74, 6) is 1.34. The van der Waals surface area contributed by atoms with Gasteiger partial charge >= 0.3 is 0 Å². The van der Waals surface area contributed by atoms with E-state index in [-0.39, 0.29) is 0 Å². The Kier molecular flexibility index (Phi) is 2.74. The molecule has 0 amide bonds. The highest BCUT2D eigenvalue weighted by Gasteiger charge is 2.23. The summed E-state index contributed by atoms with van der Waals surface area (Å²) < 4.78 is 7.37. The number of hydrogen-bond acceptors (Lipinski definition) is 3. The molecule has 1 saturated heterocycles. The number of aryl methyl sites for hydroxylation is 1. The lowest BCUT2D eigenvalue weighted by atomic mass is 9.95. The van der Waals surface area contributed by atoms with Crippen molar-refractivity contribution in [1.82, 2.24) is 9.55 Å². The molecule has 0 unspecified atom stereocenters. The SMILES string of the molecule is Cc1nc(C#N)c(C2CCOCC2)n1C. The first-order valence-corrected chi connectivity index (χ1v) is 5.25. The molecule has 0 saturated carbocycles. The van der Waals surface area contributed by atoms with Gasteiger partial charge in [0.05, 0.1) is 5.69 Å². The van der Waals surface area contributed by atoms with Gasteiger partial charge < -0.3 is 9.30 Å². The van der Waals surface area contributed by atoms with Gasteiger partial charge in [-0.25, -0.2) is 4.98 Å². The van der Waals surface area contributed by atoms with Gasteiger partial charge in [-0.15, -0.1) is 0 Å². The molecule has 1 aromatic rings. The fourth-order valence-electron chi connectivity index (χ4n) is 2.15. The molecule has 0 bridgehead atoms. The van der Waals surface area contributed by atoms with E-state index in [0.29, 0.717) is 11.6 Å². The smallest absolute Gasteiger partial charge is 0.162 e. The van der Waals surface area contributed by atoms with Crippen molar-refractivity contribution in [2.24, 2.45) is 7.05 Å². The zero-order valence-electron chi connectivity index (χ0n) is 9.16. The van der Waals surface area contributed by atoms with E-state index in [1.807, 2.05) is 18.5 Å². The van der Waals surface area contributed by atoms with Crippen LogP contribution >= 0.6 is 0 Å². The van der Waals surface area contributed by atoms with Crippen LogP contribution in [0.5, 0.6) is 0 Å². The monoisotopic (exact) mass is 205 g/mol. The van der Waals surface area contributed by atoms with Crippen LogP contribution in [0.25, 0.3) is 0 Å². The number of aromatic nitrogens is 2. The molecule has 1 aliphatic heterocycles. The minimum absolute atomic E-state index is 0.430. The molecular formula is C11H15N3O. The van der Waals surface area contributed by atoms with Gasteiger partial charge in [-0.05, 0) is 19.8 Å². The van der Waals surface area contributed by atoms with Gasteiger partial charge in [0.15, 0.2) is 5.69 Å². The summed E-state index contributed by atoms with van der Waals surface area (Å²) in [5, 5.41) is 9.03. The quantitative estimate of drug-likeness (QED) is 0.698. The summed E-state index contributed by atoms with van der Waals surface area (Å²) in [5.41, 5.74) is 1.67. The molecule has 0 radical (unpaired) electrons. The molecule has 4 heteroatoms. The van der Waals surface area contributed by atoms with Gasteiger partial charge in [-0.3, -0.25) is 0 Å². The van der Waals surface area contributed by atoms with Crippen molar-refractivity contribution < 1.29 is 4.74 Å². The van der Waals surface area contributed by atoms with E-state index in [0.717, 1.165) is 37.6 Å². The third-order valence-corrected chi connectivity index (χ3v) is 3.08. The Morgan fingerprint density at radius 1 is 1.47 bits per heavy atom. The zero-order valence-corrected chi connectivity index (χ0v) is 9.16. The fraction of sp³-hybridized carbons (Fsp3) is 0.636. The molecule has 0 spiro atoms. The lowest BCUT2D eigenvalue weighted by Gasteiger charge is -2.22. The summed E-state index contributed by atoms with van der Waals surface area (Å²) in [6.45, 7) is 3.52. The van der Waals surface area contributed by atoms with Crippen LogP contribution in [0.1, 0.15) is 36.0 Å². The molecule has 1 fully saturated rings. The second kappa shape index (κ2) is 4.03. The summed E-state index contributed by atoms with van der Waals surface area (Å²) in [6, 6.07) is 2.18. The highest BCUT2D eigenvalue weighted by atomic mass is 16.5. The van der Waals surface area contributed by atoms with Crippen molar-refractivity contribution in [3.63, 3.8) is 0 Å². The van der Waals surface area contributed by atoms with E-state index in [1.54, 1.807) is 0 Å². The normalized spacial score (nSPS) is 17.7. The maximum atomic E-state index is 9.03. The van der Waals surface area contributed by atoms with Crippen molar-refractivity contribution in [2.45, 2.75) is 25.7 Å². The Bertz CT molecular complexity index is 397. The van der Waals surface area contributed by atoms with E-state index in [4.69, 9.17) is 10.00 Å². The van der Waals surface area contributed by atoms with E-state index < -0.39 is 0 Å². The van der Waals surface area contributed by atoms with Crippen LogP contribution in [0.15, 0.2) is 0 Å². The predicted molar refractivity (Wildman–Crippen MR) is 55.5 cm³/mol. The van der Waals surface area contributed by atoms with Crippen molar-refractivity contribution in [2.75, 3.05) is 13.2 Å². The highest BCUT2D eigenvalue weighted by molar-refractivity contribution is 5.31. The fourth-order valence-corrected chi connectivity index (χ4v) is 2.15. The number of nitrogens with zero attached hydrogens (tertiary/aromatic N) is 3. The molecule has 4 nitrogen and oxygen atoms in total. The van der Waals surface area contributed by atoms with Crippen molar-refractivity contribution in [1.29, 1.82) is 5.26 Å². The lowest BCUT2D eigenvalue weighted by molar-refractivity contribution is 0.0838. The van der Waals surface area contributed by atoms with E-state index in [1.165, 1.54) is 0 Å². The first-order chi connectivity index (χ1) is 7.24. The largest absolute Gasteiger partial charge is 0.381 e. The van der Waals surface area contributed by atoms with E-state index >= 15 is 0 Å². The molecule has 0 aliphatic carbocycles. The van der Waals surface area contributed by atoms with Gasteiger partial charge in [0.1, 0.15) is 11.9 Å². The van der Waals surface area contributed by atoms with Crippen LogP contribution in [-0.2, 0) is 11.8 Å². The molecule has 0 N–H and O–H groups in total. The minimum atomic E-state index is 0.430. The second-order valence-electron chi connectivity index (χ2n) is 3.95. The van der Waals surface area contributed by atoms with Gasteiger partial charge in [0.2, 0.25) is 0 Å². The van der Waals surface area contributed by atoms with Crippen LogP contribution in [0.2, 0.25) is 0 Å². The van der Waals surface area contributed by atoms with Crippen molar-refractivity contribution >= 4 is 0 Å². The first kappa shape index (κ1) is 10.2. The zero-order chi connectivity index (χ0) is 10.8. The molecule has 1 aromatic heterocycles. The number of nitriles is 1. The summed E-state index contributed by atoms with van der Waals surface area (Å²) in [4.78, 5) is 4.26. The lowest BCUT2D eigenvalue weighted by Crippen LogP contribution is -2.17. The Morgan fingerprint density at radius 2 is 2.13 bits per heavy atom. The van der Waals surface area contributed by atoms with Crippen LogP contribution < -0.4 is 0 Å². The first-order valence-electron chi connectivity index (χ1n) is 5.25. The van der Waals surface area contributed by atoms with Crippen molar-refractivity contribution in [3.05, 3.63) is 17.2 Å². The number of imidazole rings is 1. The molecule has 2 heterocycles. The van der Waals surface area contributed by atoms with Crippen LogP contribution in [0.3, 0.4) is 0 Å². The standard InChI is InChI=1S/C11H15N3O/c1-8-13-10(7-12)11(14(8)2)9-3-5-15-6-4-9/h9H,3-6H2,1-2H3. The van der Waals surface area contributed by atoms with E-state index in [2.05, 4.69) is 11.1 Å². The van der Waals surface area contributed by atoms with Gasteiger partial charge in [-0.2, -0.15) is 5.26 Å². The topological polar surface area (TPSA) is 50.8 Å². The third kappa shape index (κ3) is 1.75. The average Bonchev–Trinajstić information content (AvgIpc) is 2.56. The Balaban J connectivity index is 2.37. The maximum Gasteiger partial charge on any atom is 0.162 e.